The van der Waals surface area contributed by atoms with E-state index >= 15 is 0 Å². The number of hydrogen-bond donors (Lipinski definition) is 0. The molecule has 0 atom stereocenters. The van der Waals surface area contributed by atoms with Gasteiger partial charge in [0.25, 0.3) is 0 Å². The van der Waals surface area contributed by atoms with Crippen LogP contribution in [-0.4, -0.2) is 0 Å². The van der Waals surface area contributed by atoms with Gasteiger partial charge in [0.1, 0.15) is 11.5 Å². The maximum absolute atomic E-state index is 6.21. The van der Waals surface area contributed by atoms with Crippen molar-refractivity contribution in [2.45, 2.75) is 19.3 Å². The third kappa shape index (κ3) is 4.79. The van der Waals surface area contributed by atoms with Crippen molar-refractivity contribution >= 4 is 60.2 Å². The Morgan fingerprint density at radius 1 is 0.373 bits per heavy atom. The number of benzene rings is 9. The SMILES string of the molecule is CC1(C)c2c(ccc3cc(Oc4ccccc4)ccc23)-c2ccc3cc(N(c4ccc5ccccc5c4)c4ccc5ccccc5c4)ccc3c21. The van der Waals surface area contributed by atoms with Gasteiger partial charge < -0.3 is 9.64 Å². The summed E-state index contributed by atoms with van der Waals surface area (Å²) in [6, 6.07) is 63.4. The highest BCUT2D eigenvalue weighted by molar-refractivity contribution is 6.05. The normalized spacial score (nSPS) is 13.1. The molecule has 9 aromatic rings. The molecule has 242 valence electrons. The molecule has 2 nitrogen and oxygen atoms in total. The molecular formula is C49H35NO. The quantitative estimate of drug-likeness (QED) is 0.183. The predicted octanol–water partition coefficient (Wildman–Crippen LogP) is 13.9. The zero-order valence-electron chi connectivity index (χ0n) is 28.6. The number of para-hydroxylation sites is 1. The topological polar surface area (TPSA) is 12.5 Å². The van der Waals surface area contributed by atoms with Gasteiger partial charge in [-0.1, -0.05) is 129 Å². The van der Waals surface area contributed by atoms with Crippen LogP contribution in [0.5, 0.6) is 11.5 Å². The first kappa shape index (κ1) is 29.5. The summed E-state index contributed by atoms with van der Waals surface area (Å²) in [5.41, 5.74) is 8.63. The van der Waals surface area contributed by atoms with E-state index in [-0.39, 0.29) is 5.41 Å². The first-order valence-electron chi connectivity index (χ1n) is 17.7. The minimum atomic E-state index is -0.191. The highest BCUT2D eigenvalue weighted by Crippen LogP contribution is 2.54. The van der Waals surface area contributed by atoms with Gasteiger partial charge in [0, 0.05) is 22.5 Å². The second-order valence-corrected chi connectivity index (χ2v) is 14.2. The van der Waals surface area contributed by atoms with Crippen LogP contribution < -0.4 is 9.64 Å². The molecule has 0 aromatic heterocycles. The van der Waals surface area contributed by atoms with E-state index in [1.165, 1.54) is 65.3 Å². The molecule has 0 amide bonds. The Morgan fingerprint density at radius 3 is 1.41 bits per heavy atom. The molecule has 1 aliphatic rings. The Morgan fingerprint density at radius 2 is 0.824 bits per heavy atom. The number of hydrogen-bond acceptors (Lipinski definition) is 2. The van der Waals surface area contributed by atoms with Crippen LogP contribution in [0.1, 0.15) is 25.0 Å². The predicted molar refractivity (Wildman–Crippen MR) is 215 cm³/mol. The molecule has 0 radical (unpaired) electrons. The van der Waals surface area contributed by atoms with Crippen LogP contribution in [0.25, 0.3) is 54.2 Å². The summed E-state index contributed by atoms with van der Waals surface area (Å²) >= 11 is 0. The molecule has 0 heterocycles. The van der Waals surface area contributed by atoms with E-state index in [9.17, 15) is 0 Å². The summed E-state index contributed by atoms with van der Waals surface area (Å²) in [7, 11) is 0. The maximum Gasteiger partial charge on any atom is 0.128 e. The van der Waals surface area contributed by atoms with Crippen LogP contribution in [0.4, 0.5) is 17.1 Å². The van der Waals surface area contributed by atoms with E-state index in [4.69, 9.17) is 4.74 Å². The zero-order chi connectivity index (χ0) is 34.1. The zero-order valence-corrected chi connectivity index (χ0v) is 28.6. The largest absolute Gasteiger partial charge is 0.457 e. The Kier molecular flexibility index (Phi) is 6.56. The van der Waals surface area contributed by atoms with Gasteiger partial charge in [-0.15, -0.1) is 0 Å². The molecule has 0 aliphatic heterocycles. The van der Waals surface area contributed by atoms with Gasteiger partial charge in [0.15, 0.2) is 0 Å². The molecule has 2 heteroatoms. The van der Waals surface area contributed by atoms with Gasteiger partial charge in [-0.05, 0) is 126 Å². The summed E-state index contributed by atoms with van der Waals surface area (Å²) in [6.45, 7) is 4.77. The highest BCUT2D eigenvalue weighted by Gasteiger charge is 2.38. The standard InChI is InChI=1S/C49H35NO/c1-49(2)47-43-26-22-40(50(38-20-16-32-10-6-8-12-34(32)28-38)39-21-17-33-11-7-9-13-35(33)29-39)30-36(43)18-24-45(47)46-25-19-37-31-42(23-27-44(37)48(46)49)51-41-14-4-3-5-15-41/h3-31H,1-2H3. The number of anilines is 3. The van der Waals surface area contributed by atoms with Crippen molar-refractivity contribution in [3.8, 4) is 22.6 Å². The van der Waals surface area contributed by atoms with E-state index < -0.39 is 0 Å². The van der Waals surface area contributed by atoms with E-state index in [2.05, 4.69) is 164 Å². The second kappa shape index (κ2) is 11.3. The molecule has 9 aromatic carbocycles. The fourth-order valence-corrected chi connectivity index (χ4v) is 8.45. The van der Waals surface area contributed by atoms with Crippen LogP contribution in [0, 0.1) is 0 Å². The number of rotatable bonds is 5. The van der Waals surface area contributed by atoms with Crippen LogP contribution in [0.3, 0.4) is 0 Å². The van der Waals surface area contributed by atoms with Crippen molar-refractivity contribution in [3.05, 3.63) is 187 Å². The summed E-state index contributed by atoms with van der Waals surface area (Å²) < 4.78 is 6.21. The first-order chi connectivity index (χ1) is 25.0. The molecular weight excluding hydrogens is 619 g/mol. The van der Waals surface area contributed by atoms with Crippen molar-refractivity contribution in [3.63, 3.8) is 0 Å². The Labute approximate surface area is 297 Å². The molecule has 0 saturated heterocycles. The van der Waals surface area contributed by atoms with Crippen molar-refractivity contribution in [2.24, 2.45) is 0 Å². The van der Waals surface area contributed by atoms with Crippen LogP contribution >= 0.6 is 0 Å². The fourth-order valence-electron chi connectivity index (χ4n) is 8.45. The number of ether oxygens (including phenoxy) is 1. The Hall–Kier alpha value is -6.38. The lowest BCUT2D eigenvalue weighted by Crippen LogP contribution is -2.16. The van der Waals surface area contributed by atoms with Crippen molar-refractivity contribution in [1.82, 2.24) is 0 Å². The molecule has 0 spiro atoms. The van der Waals surface area contributed by atoms with E-state index in [0.717, 1.165) is 28.6 Å². The minimum absolute atomic E-state index is 0.191. The molecule has 0 fully saturated rings. The van der Waals surface area contributed by atoms with Gasteiger partial charge >= 0.3 is 0 Å². The van der Waals surface area contributed by atoms with Crippen LogP contribution in [-0.2, 0) is 5.41 Å². The summed E-state index contributed by atoms with van der Waals surface area (Å²) in [6.07, 6.45) is 0. The van der Waals surface area contributed by atoms with Crippen molar-refractivity contribution in [2.75, 3.05) is 4.90 Å². The third-order valence-corrected chi connectivity index (χ3v) is 10.8. The summed E-state index contributed by atoms with van der Waals surface area (Å²) in [5, 5.41) is 9.93. The van der Waals surface area contributed by atoms with Gasteiger partial charge in [0.2, 0.25) is 0 Å². The lowest BCUT2D eigenvalue weighted by molar-refractivity contribution is 0.483. The third-order valence-electron chi connectivity index (χ3n) is 10.8. The summed E-state index contributed by atoms with van der Waals surface area (Å²) in [5.74, 6) is 1.69. The molecule has 1 aliphatic carbocycles. The Balaban J connectivity index is 1.10. The maximum atomic E-state index is 6.21. The van der Waals surface area contributed by atoms with Crippen molar-refractivity contribution < 1.29 is 4.74 Å². The Bertz CT molecular complexity index is 2740. The van der Waals surface area contributed by atoms with Gasteiger partial charge in [-0.25, -0.2) is 0 Å². The van der Waals surface area contributed by atoms with Crippen molar-refractivity contribution in [1.29, 1.82) is 0 Å². The molecule has 0 unspecified atom stereocenters. The van der Waals surface area contributed by atoms with Gasteiger partial charge in [0.05, 0.1) is 0 Å². The molecule has 0 saturated carbocycles. The molecule has 51 heavy (non-hydrogen) atoms. The smallest absolute Gasteiger partial charge is 0.128 e. The van der Waals surface area contributed by atoms with E-state index in [1.54, 1.807) is 0 Å². The molecule has 10 rings (SSSR count). The van der Waals surface area contributed by atoms with E-state index in [0.29, 0.717) is 0 Å². The highest BCUT2D eigenvalue weighted by atomic mass is 16.5. The average molecular weight is 654 g/mol. The minimum Gasteiger partial charge on any atom is -0.457 e. The van der Waals surface area contributed by atoms with Crippen LogP contribution in [0.15, 0.2) is 176 Å². The van der Waals surface area contributed by atoms with Crippen LogP contribution in [0.2, 0.25) is 0 Å². The second-order valence-electron chi connectivity index (χ2n) is 14.2. The molecule has 0 bridgehead atoms. The van der Waals surface area contributed by atoms with Gasteiger partial charge in [-0.2, -0.15) is 0 Å². The number of nitrogens with zero attached hydrogens (tertiary/aromatic N) is 1. The lowest BCUT2D eigenvalue weighted by atomic mass is 9.78. The first-order valence-corrected chi connectivity index (χ1v) is 17.7. The molecule has 0 N–H and O–H groups in total. The fraction of sp³-hybridized carbons (Fsp3) is 0.0612. The average Bonchev–Trinajstić information content (AvgIpc) is 3.41. The summed E-state index contributed by atoms with van der Waals surface area (Å²) in [4.78, 5) is 2.40. The number of fused-ring (bicyclic) bond motifs is 9. The van der Waals surface area contributed by atoms with E-state index in [1.807, 2.05) is 30.3 Å². The monoisotopic (exact) mass is 653 g/mol. The lowest BCUT2D eigenvalue weighted by Gasteiger charge is -2.28. The van der Waals surface area contributed by atoms with Gasteiger partial charge in [-0.3, -0.25) is 0 Å².